The van der Waals surface area contributed by atoms with Gasteiger partial charge < -0.3 is 15.3 Å². The SMILES string of the molecule is CCCCC/C=C/C/C=C/C/C=C(O)/C=C/[C@H](O)CCCC(=O)O. The highest BCUT2D eigenvalue weighted by Crippen LogP contribution is 2.05. The smallest absolute Gasteiger partial charge is 0.303 e. The second-order valence-corrected chi connectivity index (χ2v) is 5.75. The number of allylic oxidation sites excluding steroid dienone is 6. The summed E-state index contributed by atoms with van der Waals surface area (Å²) in [4.78, 5) is 10.4. The number of carboxylic acids is 1. The lowest BCUT2D eigenvalue weighted by Crippen LogP contribution is -2.04. The lowest BCUT2D eigenvalue weighted by atomic mass is 10.1. The summed E-state index contributed by atoms with van der Waals surface area (Å²) in [7, 11) is 0. The number of aliphatic carboxylic acids is 1. The van der Waals surface area contributed by atoms with E-state index in [2.05, 4.69) is 25.2 Å². The van der Waals surface area contributed by atoms with Gasteiger partial charge in [0.05, 0.1) is 6.10 Å². The first-order valence-electron chi connectivity index (χ1n) is 8.83. The Kier molecular flexibility index (Phi) is 14.9. The summed E-state index contributed by atoms with van der Waals surface area (Å²) in [6.45, 7) is 2.20. The minimum absolute atomic E-state index is 0.0462. The summed E-state index contributed by atoms with van der Waals surface area (Å²) < 4.78 is 0. The van der Waals surface area contributed by atoms with Crippen LogP contribution in [-0.4, -0.2) is 27.4 Å². The number of hydrogen-bond acceptors (Lipinski definition) is 3. The van der Waals surface area contributed by atoms with E-state index >= 15 is 0 Å². The lowest BCUT2D eigenvalue weighted by molar-refractivity contribution is -0.137. The molecule has 0 unspecified atom stereocenters. The highest BCUT2D eigenvalue weighted by atomic mass is 16.4. The van der Waals surface area contributed by atoms with Crippen molar-refractivity contribution in [1.82, 2.24) is 0 Å². The van der Waals surface area contributed by atoms with Crippen molar-refractivity contribution in [2.75, 3.05) is 0 Å². The largest absolute Gasteiger partial charge is 0.508 e. The van der Waals surface area contributed by atoms with E-state index in [1.54, 1.807) is 6.08 Å². The van der Waals surface area contributed by atoms with Crippen molar-refractivity contribution in [3.63, 3.8) is 0 Å². The van der Waals surface area contributed by atoms with Crippen LogP contribution in [0.25, 0.3) is 0 Å². The van der Waals surface area contributed by atoms with Gasteiger partial charge >= 0.3 is 5.97 Å². The van der Waals surface area contributed by atoms with E-state index in [-0.39, 0.29) is 12.2 Å². The average Bonchev–Trinajstić information content (AvgIpc) is 2.54. The maximum Gasteiger partial charge on any atom is 0.303 e. The first-order chi connectivity index (χ1) is 11.6. The molecule has 0 amide bonds. The summed E-state index contributed by atoms with van der Waals surface area (Å²) in [5.41, 5.74) is 0. The second kappa shape index (κ2) is 16.1. The first-order valence-corrected chi connectivity index (χ1v) is 8.83. The molecule has 3 N–H and O–H groups in total. The molecule has 0 saturated carbocycles. The molecule has 0 aromatic rings. The van der Waals surface area contributed by atoms with E-state index in [1.165, 1.54) is 31.4 Å². The van der Waals surface area contributed by atoms with E-state index in [1.807, 2.05) is 6.08 Å². The molecule has 24 heavy (non-hydrogen) atoms. The van der Waals surface area contributed by atoms with Crippen molar-refractivity contribution in [3.8, 4) is 0 Å². The van der Waals surface area contributed by atoms with Crippen molar-refractivity contribution in [1.29, 1.82) is 0 Å². The minimum atomic E-state index is -0.864. The fourth-order valence-electron chi connectivity index (χ4n) is 2.02. The lowest BCUT2D eigenvalue weighted by Gasteiger charge is -2.03. The third-order valence-electron chi connectivity index (χ3n) is 3.42. The number of rotatable bonds is 14. The molecule has 136 valence electrons. The standard InChI is InChI=1S/C20H32O4/c1-2-3-4-5-6-7-8-9-10-11-13-18(21)16-17-19(22)14-12-15-20(23)24/h6-7,9-10,13,16-17,19,21-22H,2-5,8,11-12,14-15H2,1H3,(H,23,24)/b7-6+,10-9+,17-16+,18-13-/t19-/m1/s1. The van der Waals surface area contributed by atoms with Crippen LogP contribution in [0.1, 0.15) is 64.7 Å². The van der Waals surface area contributed by atoms with Crippen LogP contribution in [0.15, 0.2) is 48.3 Å². The Morgan fingerprint density at radius 3 is 2.42 bits per heavy atom. The zero-order valence-electron chi connectivity index (χ0n) is 14.7. The van der Waals surface area contributed by atoms with Gasteiger partial charge in [-0.25, -0.2) is 0 Å². The Morgan fingerprint density at radius 1 is 1.00 bits per heavy atom. The molecule has 0 bridgehead atoms. The number of carbonyl (C=O) groups is 1. The van der Waals surface area contributed by atoms with Gasteiger partial charge in [0.15, 0.2) is 0 Å². The number of carboxylic acid groups (broad SMARTS) is 1. The molecule has 1 atom stereocenters. The monoisotopic (exact) mass is 336 g/mol. The van der Waals surface area contributed by atoms with Crippen LogP contribution >= 0.6 is 0 Å². The Balaban J connectivity index is 3.83. The molecular weight excluding hydrogens is 304 g/mol. The fraction of sp³-hybridized carbons (Fsp3) is 0.550. The van der Waals surface area contributed by atoms with E-state index in [4.69, 9.17) is 5.11 Å². The molecule has 4 heteroatoms. The van der Waals surface area contributed by atoms with Crippen molar-refractivity contribution in [2.24, 2.45) is 0 Å². The number of aliphatic hydroxyl groups is 2. The maximum atomic E-state index is 10.4. The summed E-state index contributed by atoms with van der Waals surface area (Å²) in [6, 6.07) is 0. The van der Waals surface area contributed by atoms with Crippen LogP contribution in [0.4, 0.5) is 0 Å². The Morgan fingerprint density at radius 2 is 1.71 bits per heavy atom. The number of unbranched alkanes of at least 4 members (excludes halogenated alkanes) is 3. The third-order valence-corrected chi connectivity index (χ3v) is 3.42. The highest BCUT2D eigenvalue weighted by Gasteiger charge is 2.02. The highest BCUT2D eigenvalue weighted by molar-refractivity contribution is 5.66. The summed E-state index contributed by atoms with van der Waals surface area (Å²) in [5, 5.41) is 27.8. The van der Waals surface area contributed by atoms with Crippen LogP contribution in [0.5, 0.6) is 0 Å². The quantitative estimate of drug-likeness (QED) is 0.179. The Labute approximate surface area is 145 Å². The average molecular weight is 336 g/mol. The minimum Gasteiger partial charge on any atom is -0.508 e. The Hall–Kier alpha value is -1.81. The molecule has 0 aliphatic heterocycles. The van der Waals surface area contributed by atoms with Crippen LogP contribution < -0.4 is 0 Å². The van der Waals surface area contributed by atoms with Crippen LogP contribution in [0, 0.1) is 0 Å². The number of aliphatic hydroxyl groups excluding tert-OH is 2. The van der Waals surface area contributed by atoms with Crippen LogP contribution in [0.3, 0.4) is 0 Å². The Bertz CT molecular complexity index is 433. The van der Waals surface area contributed by atoms with Crippen molar-refractivity contribution in [2.45, 2.75) is 70.8 Å². The first kappa shape index (κ1) is 22.2. The molecule has 0 spiro atoms. The molecule has 0 rings (SSSR count). The molecule has 0 aliphatic carbocycles. The van der Waals surface area contributed by atoms with Gasteiger partial charge in [-0.3, -0.25) is 4.79 Å². The topological polar surface area (TPSA) is 77.8 Å². The summed E-state index contributed by atoms with van der Waals surface area (Å²) in [5.74, 6) is -0.761. The number of hydrogen-bond donors (Lipinski definition) is 3. The van der Waals surface area contributed by atoms with Crippen LogP contribution in [-0.2, 0) is 4.79 Å². The third kappa shape index (κ3) is 16.6. The van der Waals surface area contributed by atoms with E-state index in [0.29, 0.717) is 19.3 Å². The maximum absolute atomic E-state index is 10.4. The van der Waals surface area contributed by atoms with Crippen molar-refractivity contribution < 1.29 is 20.1 Å². The molecular formula is C20H32O4. The van der Waals surface area contributed by atoms with Gasteiger partial charge in [0, 0.05) is 6.42 Å². The van der Waals surface area contributed by atoms with Crippen molar-refractivity contribution in [3.05, 3.63) is 48.3 Å². The predicted octanol–water partition coefficient (Wildman–Crippen LogP) is 5.07. The van der Waals surface area contributed by atoms with Crippen LogP contribution in [0.2, 0.25) is 0 Å². The zero-order chi connectivity index (χ0) is 18.0. The van der Waals surface area contributed by atoms with E-state index in [9.17, 15) is 15.0 Å². The molecule has 4 nitrogen and oxygen atoms in total. The van der Waals surface area contributed by atoms with Gasteiger partial charge in [-0.05, 0) is 50.7 Å². The molecule has 0 aliphatic rings. The van der Waals surface area contributed by atoms with Gasteiger partial charge in [0.2, 0.25) is 0 Å². The fourth-order valence-corrected chi connectivity index (χ4v) is 2.02. The molecule has 0 radical (unpaired) electrons. The van der Waals surface area contributed by atoms with Gasteiger partial charge in [-0.2, -0.15) is 0 Å². The molecule has 0 saturated heterocycles. The van der Waals surface area contributed by atoms with Gasteiger partial charge in [-0.15, -0.1) is 0 Å². The molecule has 0 fully saturated rings. The van der Waals surface area contributed by atoms with E-state index in [0.717, 1.165) is 12.8 Å². The van der Waals surface area contributed by atoms with Gasteiger partial charge in [-0.1, -0.05) is 50.1 Å². The summed E-state index contributed by atoms with van der Waals surface area (Å²) in [6.07, 6.45) is 19.6. The molecule has 0 heterocycles. The van der Waals surface area contributed by atoms with Gasteiger partial charge in [0.25, 0.3) is 0 Å². The summed E-state index contributed by atoms with van der Waals surface area (Å²) >= 11 is 0. The van der Waals surface area contributed by atoms with Gasteiger partial charge in [0.1, 0.15) is 5.76 Å². The second-order valence-electron chi connectivity index (χ2n) is 5.75. The normalized spacial score (nSPS) is 14.2. The molecule has 0 aromatic carbocycles. The molecule has 0 aromatic heterocycles. The van der Waals surface area contributed by atoms with E-state index < -0.39 is 12.1 Å². The predicted molar refractivity (Wildman–Crippen MR) is 99.0 cm³/mol. The zero-order valence-corrected chi connectivity index (χ0v) is 14.7. The van der Waals surface area contributed by atoms with Crippen molar-refractivity contribution >= 4 is 5.97 Å².